The smallest absolute Gasteiger partial charge is 0.247 e. The molecule has 0 N–H and O–H groups in total. The second-order valence-corrected chi connectivity index (χ2v) is 5.28. The zero-order chi connectivity index (χ0) is 14.2. The van der Waals surface area contributed by atoms with Crippen LogP contribution < -0.4 is 0 Å². The van der Waals surface area contributed by atoms with Crippen LogP contribution in [0.5, 0.6) is 0 Å². The van der Waals surface area contributed by atoms with Crippen molar-refractivity contribution in [1.82, 2.24) is 0 Å². The molecule has 6 heteroatoms. The Morgan fingerprint density at radius 2 is 1.47 bits per heavy atom. The first-order valence-electron chi connectivity index (χ1n) is 5.99. The zero-order valence-electron chi connectivity index (χ0n) is 9.91. The van der Waals surface area contributed by atoms with E-state index in [0.29, 0.717) is 25.7 Å². The highest BCUT2D eigenvalue weighted by atomic mass is 35.5. The summed E-state index contributed by atoms with van der Waals surface area (Å²) in [5, 5.41) is -4.08. The molecular weight excluding hydrogens is 287 g/mol. The second-order valence-electron chi connectivity index (χ2n) is 4.81. The van der Waals surface area contributed by atoms with E-state index >= 15 is 0 Å². The van der Waals surface area contributed by atoms with Gasteiger partial charge in [-0.05, 0) is 60.9 Å². The van der Waals surface area contributed by atoms with Crippen molar-refractivity contribution in [2.75, 3.05) is 0 Å². The third kappa shape index (κ3) is 3.19. The molecule has 0 bridgehead atoms. The molecule has 19 heavy (non-hydrogen) atoms. The second kappa shape index (κ2) is 5.27. The standard InChI is InChI=1S/C13H12ClF5/c14-13(18,19)12-10(16)5-8(6-11(12)17)7-1-3-9(15)4-2-7/h5-7,9H,1-4H2. The van der Waals surface area contributed by atoms with Crippen molar-refractivity contribution < 1.29 is 22.0 Å². The predicted molar refractivity (Wildman–Crippen MR) is 62.2 cm³/mol. The minimum absolute atomic E-state index is 0.200. The molecule has 1 saturated carbocycles. The summed E-state index contributed by atoms with van der Waals surface area (Å²) in [6.07, 6.45) is 0.660. The minimum Gasteiger partial charge on any atom is -0.247 e. The molecule has 0 aromatic heterocycles. The Morgan fingerprint density at radius 1 is 1.00 bits per heavy atom. The third-order valence-corrected chi connectivity index (χ3v) is 3.67. The Kier molecular flexibility index (Phi) is 4.04. The molecule has 0 saturated heterocycles. The molecule has 0 unspecified atom stereocenters. The Balaban J connectivity index is 2.30. The molecule has 1 aliphatic carbocycles. The molecule has 0 radical (unpaired) electrons. The van der Waals surface area contributed by atoms with Gasteiger partial charge in [0.25, 0.3) is 0 Å². The molecule has 0 atom stereocenters. The van der Waals surface area contributed by atoms with E-state index in [1.807, 2.05) is 0 Å². The van der Waals surface area contributed by atoms with Crippen molar-refractivity contribution in [2.24, 2.45) is 0 Å². The van der Waals surface area contributed by atoms with Gasteiger partial charge in [-0.25, -0.2) is 13.2 Å². The molecule has 0 nitrogen and oxygen atoms in total. The summed E-state index contributed by atoms with van der Waals surface area (Å²) >= 11 is 4.66. The van der Waals surface area contributed by atoms with Crippen LogP contribution in [0.4, 0.5) is 22.0 Å². The average Bonchev–Trinajstić information content (AvgIpc) is 2.26. The van der Waals surface area contributed by atoms with E-state index in [4.69, 9.17) is 0 Å². The van der Waals surface area contributed by atoms with Gasteiger partial charge in [-0.3, -0.25) is 0 Å². The molecule has 0 amide bonds. The Labute approximate surface area is 112 Å². The molecule has 1 aliphatic rings. The summed E-state index contributed by atoms with van der Waals surface area (Å²) in [5.74, 6) is -2.93. The summed E-state index contributed by atoms with van der Waals surface area (Å²) in [4.78, 5) is 0. The minimum atomic E-state index is -4.08. The van der Waals surface area contributed by atoms with E-state index in [1.54, 1.807) is 0 Å². The highest BCUT2D eigenvalue weighted by Gasteiger charge is 2.36. The molecule has 0 aliphatic heterocycles. The molecule has 1 aromatic carbocycles. The van der Waals surface area contributed by atoms with Crippen molar-refractivity contribution >= 4 is 11.6 Å². The van der Waals surface area contributed by atoms with E-state index < -0.39 is 28.8 Å². The zero-order valence-corrected chi connectivity index (χ0v) is 10.7. The van der Waals surface area contributed by atoms with Gasteiger partial charge in [0.2, 0.25) is 0 Å². The largest absolute Gasteiger partial charge is 0.353 e. The maximum atomic E-state index is 13.6. The summed E-state index contributed by atoms with van der Waals surface area (Å²) in [6.45, 7) is 0. The first-order chi connectivity index (χ1) is 8.79. The van der Waals surface area contributed by atoms with Crippen LogP contribution in [0.3, 0.4) is 0 Å². The molecule has 0 spiro atoms. The van der Waals surface area contributed by atoms with Crippen LogP contribution in [-0.4, -0.2) is 6.17 Å². The van der Waals surface area contributed by atoms with Gasteiger partial charge in [0.15, 0.2) is 0 Å². The fourth-order valence-corrected chi connectivity index (χ4v) is 2.67. The molecular formula is C13H12ClF5. The predicted octanol–water partition coefficient (Wildman–Crippen LogP) is 5.25. The number of halogens is 6. The van der Waals surface area contributed by atoms with Crippen LogP contribution in [0, 0.1) is 11.6 Å². The van der Waals surface area contributed by atoms with Gasteiger partial charge in [-0.15, -0.1) is 0 Å². The van der Waals surface area contributed by atoms with Crippen LogP contribution >= 0.6 is 11.6 Å². The lowest BCUT2D eigenvalue weighted by Gasteiger charge is -2.25. The van der Waals surface area contributed by atoms with Crippen LogP contribution in [0.25, 0.3) is 0 Å². The Bertz CT molecular complexity index is 438. The molecule has 1 aromatic rings. The fraction of sp³-hybridized carbons (Fsp3) is 0.538. The lowest BCUT2D eigenvalue weighted by atomic mass is 9.83. The highest BCUT2D eigenvalue weighted by Crippen LogP contribution is 2.39. The van der Waals surface area contributed by atoms with E-state index in [-0.39, 0.29) is 11.5 Å². The van der Waals surface area contributed by atoms with Crippen LogP contribution in [-0.2, 0) is 5.38 Å². The van der Waals surface area contributed by atoms with Crippen LogP contribution in [0.15, 0.2) is 12.1 Å². The van der Waals surface area contributed by atoms with Gasteiger partial charge in [-0.2, -0.15) is 8.78 Å². The summed E-state index contributed by atoms with van der Waals surface area (Å²) in [5.41, 5.74) is -1.15. The van der Waals surface area contributed by atoms with E-state index in [1.165, 1.54) is 0 Å². The number of hydrogen-bond acceptors (Lipinski definition) is 0. The molecule has 2 rings (SSSR count). The SMILES string of the molecule is Fc1cc(C2CCC(F)CC2)cc(F)c1C(F)(F)Cl. The monoisotopic (exact) mass is 298 g/mol. The number of benzene rings is 1. The Hall–Kier alpha value is -0.840. The van der Waals surface area contributed by atoms with Gasteiger partial charge in [0, 0.05) is 0 Å². The van der Waals surface area contributed by atoms with Crippen molar-refractivity contribution in [3.8, 4) is 0 Å². The Morgan fingerprint density at radius 3 is 1.89 bits per heavy atom. The normalized spacial score (nSPS) is 24.5. The first-order valence-corrected chi connectivity index (χ1v) is 6.37. The van der Waals surface area contributed by atoms with Gasteiger partial charge >= 0.3 is 5.38 Å². The maximum absolute atomic E-state index is 13.6. The number of rotatable bonds is 2. The lowest BCUT2D eigenvalue weighted by Crippen LogP contribution is -2.16. The average molecular weight is 299 g/mol. The van der Waals surface area contributed by atoms with E-state index in [2.05, 4.69) is 11.6 Å². The first kappa shape index (κ1) is 14.6. The van der Waals surface area contributed by atoms with Crippen molar-refractivity contribution in [3.05, 3.63) is 34.9 Å². The topological polar surface area (TPSA) is 0 Å². The van der Waals surface area contributed by atoms with Crippen molar-refractivity contribution in [2.45, 2.75) is 43.2 Å². The van der Waals surface area contributed by atoms with Gasteiger partial charge in [0.1, 0.15) is 23.4 Å². The van der Waals surface area contributed by atoms with Crippen molar-refractivity contribution in [3.63, 3.8) is 0 Å². The van der Waals surface area contributed by atoms with Gasteiger partial charge in [0.05, 0.1) is 0 Å². The highest BCUT2D eigenvalue weighted by molar-refractivity contribution is 6.21. The summed E-state index contributed by atoms with van der Waals surface area (Å²) in [6, 6.07) is 1.75. The summed E-state index contributed by atoms with van der Waals surface area (Å²) < 4.78 is 65.8. The molecule has 0 heterocycles. The summed E-state index contributed by atoms with van der Waals surface area (Å²) in [7, 11) is 0. The quantitative estimate of drug-likeness (QED) is 0.517. The lowest BCUT2D eigenvalue weighted by molar-refractivity contribution is 0.0858. The number of alkyl halides is 4. The van der Waals surface area contributed by atoms with Gasteiger partial charge in [-0.1, -0.05) is 0 Å². The van der Waals surface area contributed by atoms with E-state index in [9.17, 15) is 22.0 Å². The van der Waals surface area contributed by atoms with Crippen LogP contribution in [0.1, 0.15) is 42.7 Å². The molecule has 106 valence electrons. The molecule has 1 fully saturated rings. The van der Waals surface area contributed by atoms with Gasteiger partial charge < -0.3 is 0 Å². The third-order valence-electron chi connectivity index (χ3n) is 3.48. The number of hydrogen-bond donors (Lipinski definition) is 0. The van der Waals surface area contributed by atoms with Crippen LogP contribution in [0.2, 0.25) is 0 Å². The maximum Gasteiger partial charge on any atom is 0.353 e. The van der Waals surface area contributed by atoms with Crippen molar-refractivity contribution in [1.29, 1.82) is 0 Å². The van der Waals surface area contributed by atoms with E-state index in [0.717, 1.165) is 12.1 Å². The fourth-order valence-electron chi connectivity index (χ4n) is 2.49.